The molecule has 90 valence electrons. The van der Waals surface area contributed by atoms with Crippen molar-refractivity contribution in [3.05, 3.63) is 22.7 Å². The second-order valence-electron chi connectivity index (χ2n) is 3.63. The summed E-state index contributed by atoms with van der Waals surface area (Å²) in [7, 11) is 0. The van der Waals surface area contributed by atoms with Gasteiger partial charge < -0.3 is 11.1 Å². The molecule has 0 fully saturated rings. The molecule has 6 heteroatoms. The van der Waals surface area contributed by atoms with Crippen molar-refractivity contribution in [2.75, 3.05) is 5.32 Å². The molecule has 0 bridgehead atoms. The molecular formula is C11H12ClN3OS. The number of fused-ring (bicyclic) bond motifs is 1. The van der Waals surface area contributed by atoms with Gasteiger partial charge in [0.05, 0.1) is 27.0 Å². The Morgan fingerprint density at radius 1 is 1.65 bits per heavy atom. The molecule has 0 unspecified atom stereocenters. The topological polar surface area (TPSA) is 68.0 Å². The van der Waals surface area contributed by atoms with E-state index in [1.807, 2.05) is 13.0 Å². The van der Waals surface area contributed by atoms with Crippen molar-refractivity contribution < 1.29 is 4.79 Å². The quantitative estimate of drug-likeness (QED) is 0.900. The number of hydrogen-bond acceptors (Lipinski definition) is 4. The van der Waals surface area contributed by atoms with Crippen LogP contribution in [0.15, 0.2) is 17.6 Å². The standard InChI is InChI=1S/C11H12ClN3OS/c1-2-7(13)11(16)15-9-6(12)3-4-8-10(9)14-5-17-8/h3-5,7H,2,13H2,1H3,(H,15,16)/t7-/m0/s1. The van der Waals surface area contributed by atoms with E-state index in [9.17, 15) is 4.79 Å². The van der Waals surface area contributed by atoms with Crippen LogP contribution >= 0.6 is 22.9 Å². The van der Waals surface area contributed by atoms with Crippen LogP contribution in [0.4, 0.5) is 5.69 Å². The Morgan fingerprint density at radius 3 is 3.12 bits per heavy atom. The van der Waals surface area contributed by atoms with Gasteiger partial charge in [-0.15, -0.1) is 11.3 Å². The molecule has 1 amide bonds. The molecule has 0 aliphatic carbocycles. The number of carbonyl (C=O) groups is 1. The van der Waals surface area contributed by atoms with Crippen LogP contribution in [0.1, 0.15) is 13.3 Å². The maximum atomic E-state index is 11.7. The molecule has 0 spiro atoms. The number of nitrogens with two attached hydrogens (primary N) is 1. The first-order valence-corrected chi connectivity index (χ1v) is 6.47. The monoisotopic (exact) mass is 269 g/mol. The molecule has 17 heavy (non-hydrogen) atoms. The maximum Gasteiger partial charge on any atom is 0.241 e. The number of carbonyl (C=O) groups excluding carboxylic acids is 1. The number of rotatable bonds is 3. The van der Waals surface area contributed by atoms with E-state index in [1.165, 1.54) is 11.3 Å². The lowest BCUT2D eigenvalue weighted by Gasteiger charge is -2.11. The Hall–Kier alpha value is -1.17. The number of thiazole rings is 1. The molecule has 0 radical (unpaired) electrons. The molecule has 0 aliphatic heterocycles. The fourth-order valence-corrected chi connectivity index (χ4v) is 2.31. The highest BCUT2D eigenvalue weighted by Gasteiger charge is 2.15. The van der Waals surface area contributed by atoms with E-state index in [0.29, 0.717) is 22.6 Å². The van der Waals surface area contributed by atoms with E-state index in [0.717, 1.165) is 4.70 Å². The molecule has 2 aromatic rings. The Morgan fingerprint density at radius 2 is 2.41 bits per heavy atom. The van der Waals surface area contributed by atoms with Crippen LogP contribution in [0.5, 0.6) is 0 Å². The number of hydrogen-bond donors (Lipinski definition) is 2. The Labute approximate surface area is 108 Å². The smallest absolute Gasteiger partial charge is 0.241 e. The van der Waals surface area contributed by atoms with Crippen molar-refractivity contribution in [1.29, 1.82) is 0 Å². The summed E-state index contributed by atoms with van der Waals surface area (Å²) in [6, 6.07) is 3.10. The molecular weight excluding hydrogens is 258 g/mol. The zero-order chi connectivity index (χ0) is 12.4. The fraction of sp³-hybridized carbons (Fsp3) is 0.273. The SMILES string of the molecule is CC[C@H](N)C(=O)Nc1c(Cl)ccc2scnc12. The summed E-state index contributed by atoms with van der Waals surface area (Å²) in [4.78, 5) is 15.9. The third-order valence-corrected chi connectivity index (χ3v) is 3.59. The summed E-state index contributed by atoms with van der Waals surface area (Å²) in [5.41, 5.74) is 8.63. The number of amides is 1. The minimum atomic E-state index is -0.528. The van der Waals surface area contributed by atoms with E-state index in [1.54, 1.807) is 11.6 Å². The van der Waals surface area contributed by atoms with E-state index < -0.39 is 6.04 Å². The van der Waals surface area contributed by atoms with Crippen molar-refractivity contribution in [3.63, 3.8) is 0 Å². The van der Waals surface area contributed by atoms with Gasteiger partial charge in [0, 0.05) is 0 Å². The van der Waals surface area contributed by atoms with Gasteiger partial charge >= 0.3 is 0 Å². The summed E-state index contributed by atoms with van der Waals surface area (Å²) in [6.07, 6.45) is 0.580. The molecule has 4 nitrogen and oxygen atoms in total. The molecule has 1 aromatic heterocycles. The van der Waals surface area contributed by atoms with Crippen molar-refractivity contribution in [2.45, 2.75) is 19.4 Å². The van der Waals surface area contributed by atoms with Gasteiger partial charge in [0.2, 0.25) is 5.91 Å². The van der Waals surface area contributed by atoms with E-state index in [4.69, 9.17) is 17.3 Å². The highest BCUT2D eigenvalue weighted by Crippen LogP contribution is 2.32. The van der Waals surface area contributed by atoms with Crippen LogP contribution in [0.25, 0.3) is 10.2 Å². The number of aromatic nitrogens is 1. The Kier molecular flexibility index (Phi) is 3.61. The van der Waals surface area contributed by atoms with Crippen LogP contribution in [0.3, 0.4) is 0 Å². The van der Waals surface area contributed by atoms with Crippen LogP contribution in [0, 0.1) is 0 Å². The van der Waals surface area contributed by atoms with Crippen LogP contribution in [0.2, 0.25) is 5.02 Å². The van der Waals surface area contributed by atoms with Gasteiger partial charge in [0.15, 0.2) is 0 Å². The average molecular weight is 270 g/mol. The summed E-state index contributed by atoms with van der Waals surface area (Å²) < 4.78 is 0.981. The predicted molar refractivity (Wildman–Crippen MR) is 71.5 cm³/mol. The lowest BCUT2D eigenvalue weighted by Crippen LogP contribution is -2.34. The summed E-state index contributed by atoms with van der Waals surface area (Å²) in [5, 5.41) is 3.21. The minimum absolute atomic E-state index is 0.241. The van der Waals surface area contributed by atoms with E-state index >= 15 is 0 Å². The number of nitrogens with zero attached hydrogens (tertiary/aromatic N) is 1. The van der Waals surface area contributed by atoms with Gasteiger partial charge in [-0.1, -0.05) is 18.5 Å². The summed E-state index contributed by atoms with van der Waals surface area (Å²) >= 11 is 7.56. The normalized spacial score (nSPS) is 12.6. The number of anilines is 1. The second-order valence-corrected chi connectivity index (χ2v) is 4.92. The highest BCUT2D eigenvalue weighted by molar-refractivity contribution is 7.16. The van der Waals surface area contributed by atoms with Crippen molar-refractivity contribution in [2.24, 2.45) is 5.73 Å². The van der Waals surface area contributed by atoms with E-state index in [2.05, 4.69) is 10.3 Å². The third kappa shape index (κ3) is 2.41. The Balaban J connectivity index is 2.37. The highest BCUT2D eigenvalue weighted by atomic mass is 35.5. The third-order valence-electron chi connectivity index (χ3n) is 2.48. The first kappa shape index (κ1) is 12.3. The molecule has 1 atom stereocenters. The Bertz CT molecular complexity index is 555. The molecule has 3 N–H and O–H groups in total. The van der Waals surface area contributed by atoms with Gasteiger partial charge in [-0.05, 0) is 18.6 Å². The lowest BCUT2D eigenvalue weighted by atomic mass is 10.2. The molecule has 2 rings (SSSR count). The first-order chi connectivity index (χ1) is 8.13. The maximum absolute atomic E-state index is 11.7. The van der Waals surface area contributed by atoms with E-state index in [-0.39, 0.29) is 5.91 Å². The molecule has 1 aromatic carbocycles. The van der Waals surface area contributed by atoms with Crippen molar-refractivity contribution >= 4 is 44.7 Å². The van der Waals surface area contributed by atoms with Crippen LogP contribution < -0.4 is 11.1 Å². The van der Waals surface area contributed by atoms with Gasteiger partial charge in [0.1, 0.15) is 5.52 Å². The zero-order valence-electron chi connectivity index (χ0n) is 9.24. The van der Waals surface area contributed by atoms with Crippen LogP contribution in [-0.4, -0.2) is 16.9 Å². The first-order valence-electron chi connectivity index (χ1n) is 5.21. The molecule has 0 saturated carbocycles. The van der Waals surface area contributed by atoms with Gasteiger partial charge in [-0.3, -0.25) is 4.79 Å². The largest absolute Gasteiger partial charge is 0.322 e. The summed E-state index contributed by atoms with van der Waals surface area (Å²) in [5.74, 6) is -0.241. The van der Waals surface area contributed by atoms with Crippen molar-refractivity contribution in [3.8, 4) is 0 Å². The zero-order valence-corrected chi connectivity index (χ0v) is 10.8. The fourth-order valence-electron chi connectivity index (χ4n) is 1.43. The average Bonchev–Trinajstić information content (AvgIpc) is 2.80. The van der Waals surface area contributed by atoms with Gasteiger partial charge in [-0.2, -0.15) is 0 Å². The van der Waals surface area contributed by atoms with Gasteiger partial charge in [0.25, 0.3) is 0 Å². The predicted octanol–water partition coefficient (Wildman–Crippen LogP) is 2.63. The van der Waals surface area contributed by atoms with Gasteiger partial charge in [-0.25, -0.2) is 4.98 Å². The lowest BCUT2D eigenvalue weighted by molar-refractivity contribution is -0.117. The number of halogens is 1. The number of benzene rings is 1. The minimum Gasteiger partial charge on any atom is -0.322 e. The molecule has 0 aliphatic rings. The summed E-state index contributed by atoms with van der Waals surface area (Å²) in [6.45, 7) is 1.86. The van der Waals surface area contributed by atoms with Crippen LogP contribution in [-0.2, 0) is 4.79 Å². The second kappa shape index (κ2) is 5.00. The molecule has 0 saturated heterocycles. The number of nitrogens with one attached hydrogen (secondary N) is 1. The van der Waals surface area contributed by atoms with Crippen molar-refractivity contribution in [1.82, 2.24) is 4.98 Å². The molecule has 1 heterocycles.